The van der Waals surface area contributed by atoms with Crippen molar-refractivity contribution in [1.82, 2.24) is 14.7 Å². The Labute approximate surface area is 181 Å². The minimum Gasteiger partial charge on any atom is -0.459 e. The van der Waals surface area contributed by atoms with Gasteiger partial charge in [-0.3, -0.25) is 9.59 Å². The highest BCUT2D eigenvalue weighted by Gasteiger charge is 2.27. The van der Waals surface area contributed by atoms with Gasteiger partial charge in [0.1, 0.15) is 12.3 Å². The van der Waals surface area contributed by atoms with Crippen LogP contribution in [0.25, 0.3) is 11.8 Å². The molecule has 0 radical (unpaired) electrons. The third kappa shape index (κ3) is 5.48. The summed E-state index contributed by atoms with van der Waals surface area (Å²) in [6, 6.07) is 21.4. The number of ether oxygens (including phenoxy) is 1. The van der Waals surface area contributed by atoms with Gasteiger partial charge in [0, 0.05) is 25.4 Å². The fourth-order valence-corrected chi connectivity index (χ4v) is 3.60. The Morgan fingerprint density at radius 2 is 1.65 bits per heavy atom. The molecule has 2 heterocycles. The first-order chi connectivity index (χ1) is 15.2. The zero-order valence-corrected chi connectivity index (χ0v) is 17.3. The van der Waals surface area contributed by atoms with E-state index in [4.69, 9.17) is 4.74 Å². The molecule has 1 saturated heterocycles. The number of para-hydroxylation sites is 1. The standard InChI is InChI=1S/C25H25N3O3/c29-24(12-11-20-7-3-1-4-8-20)27-16-13-21(14-17-27)25(30)31-19-22-15-18-28(26-22)23-9-5-2-6-10-23/h1-12,15,18,21H,13-14,16-17,19H2/b12-11+. The highest BCUT2D eigenvalue weighted by Crippen LogP contribution is 2.20. The number of carbonyl (C=O) groups excluding carboxylic acids is 2. The second-order valence-corrected chi connectivity index (χ2v) is 7.54. The Morgan fingerprint density at radius 3 is 2.35 bits per heavy atom. The van der Waals surface area contributed by atoms with Crippen LogP contribution in [0.4, 0.5) is 0 Å². The summed E-state index contributed by atoms with van der Waals surface area (Å²) in [6.07, 6.45) is 6.49. The molecule has 3 aromatic rings. The molecule has 1 amide bonds. The SMILES string of the molecule is O=C(OCc1ccn(-c2ccccc2)n1)C1CCN(C(=O)/C=C/c2ccccc2)CC1. The molecule has 0 unspecified atom stereocenters. The Morgan fingerprint density at radius 1 is 0.968 bits per heavy atom. The molecule has 1 aliphatic rings. The molecule has 0 spiro atoms. The fraction of sp³-hybridized carbons (Fsp3) is 0.240. The summed E-state index contributed by atoms with van der Waals surface area (Å²) in [4.78, 5) is 26.6. The van der Waals surface area contributed by atoms with Gasteiger partial charge in [0.15, 0.2) is 0 Å². The van der Waals surface area contributed by atoms with E-state index in [9.17, 15) is 9.59 Å². The lowest BCUT2D eigenvalue weighted by molar-refractivity contribution is -0.152. The number of rotatable bonds is 6. The number of aromatic nitrogens is 2. The summed E-state index contributed by atoms with van der Waals surface area (Å²) in [6.45, 7) is 1.26. The van der Waals surface area contributed by atoms with Crippen molar-refractivity contribution in [3.8, 4) is 5.69 Å². The van der Waals surface area contributed by atoms with E-state index in [0.717, 1.165) is 11.3 Å². The predicted octanol–water partition coefficient (Wildman–Crippen LogP) is 3.87. The molecule has 0 N–H and O–H groups in total. The molecular weight excluding hydrogens is 390 g/mol. The molecule has 31 heavy (non-hydrogen) atoms. The topological polar surface area (TPSA) is 64.4 Å². The molecule has 6 nitrogen and oxygen atoms in total. The molecule has 1 aliphatic heterocycles. The van der Waals surface area contributed by atoms with Gasteiger partial charge in [-0.2, -0.15) is 5.10 Å². The van der Waals surface area contributed by atoms with Crippen molar-refractivity contribution in [2.24, 2.45) is 5.92 Å². The smallest absolute Gasteiger partial charge is 0.309 e. The van der Waals surface area contributed by atoms with Crippen LogP contribution in [0.1, 0.15) is 24.1 Å². The highest BCUT2D eigenvalue weighted by atomic mass is 16.5. The third-order valence-electron chi connectivity index (χ3n) is 5.39. The Kier molecular flexibility index (Phi) is 6.57. The fourth-order valence-electron chi connectivity index (χ4n) is 3.60. The number of nitrogens with zero attached hydrogens (tertiary/aromatic N) is 3. The van der Waals surface area contributed by atoms with Crippen molar-refractivity contribution in [3.05, 3.63) is 90.3 Å². The van der Waals surface area contributed by atoms with Crippen LogP contribution in [0.15, 0.2) is 79.0 Å². The minimum absolute atomic E-state index is 0.0258. The van der Waals surface area contributed by atoms with Gasteiger partial charge in [-0.1, -0.05) is 48.5 Å². The average Bonchev–Trinajstić information content (AvgIpc) is 3.31. The summed E-state index contributed by atoms with van der Waals surface area (Å²) >= 11 is 0. The zero-order chi connectivity index (χ0) is 21.5. The van der Waals surface area contributed by atoms with E-state index < -0.39 is 0 Å². The van der Waals surface area contributed by atoms with Crippen molar-refractivity contribution in [1.29, 1.82) is 0 Å². The van der Waals surface area contributed by atoms with E-state index in [1.54, 1.807) is 15.7 Å². The van der Waals surface area contributed by atoms with Crippen molar-refractivity contribution >= 4 is 18.0 Å². The molecule has 1 aromatic heterocycles. The number of hydrogen-bond donors (Lipinski definition) is 0. The zero-order valence-electron chi connectivity index (χ0n) is 17.3. The Bertz CT molecular complexity index is 1040. The predicted molar refractivity (Wildman–Crippen MR) is 118 cm³/mol. The van der Waals surface area contributed by atoms with Crippen LogP contribution in [-0.2, 0) is 20.9 Å². The molecule has 0 atom stereocenters. The Hall–Kier alpha value is -3.67. The molecule has 0 saturated carbocycles. The summed E-state index contributed by atoms with van der Waals surface area (Å²) < 4.78 is 7.25. The van der Waals surface area contributed by atoms with Crippen molar-refractivity contribution in [2.45, 2.75) is 19.4 Å². The van der Waals surface area contributed by atoms with E-state index in [1.165, 1.54) is 0 Å². The van der Waals surface area contributed by atoms with Gasteiger partial charge < -0.3 is 9.64 Å². The molecule has 0 bridgehead atoms. The summed E-state index contributed by atoms with van der Waals surface area (Å²) in [5.74, 6) is -0.429. The second kappa shape index (κ2) is 9.89. The lowest BCUT2D eigenvalue weighted by Crippen LogP contribution is -2.39. The summed E-state index contributed by atoms with van der Waals surface area (Å²) in [7, 11) is 0. The monoisotopic (exact) mass is 415 g/mol. The number of piperidine rings is 1. The van der Waals surface area contributed by atoms with E-state index >= 15 is 0 Å². The van der Waals surface area contributed by atoms with Crippen LogP contribution in [0.3, 0.4) is 0 Å². The van der Waals surface area contributed by atoms with Gasteiger partial charge in [-0.15, -0.1) is 0 Å². The maximum absolute atomic E-state index is 12.5. The molecule has 0 aliphatic carbocycles. The summed E-state index contributed by atoms with van der Waals surface area (Å²) in [5, 5.41) is 4.46. The van der Waals surface area contributed by atoms with Crippen LogP contribution in [-0.4, -0.2) is 39.6 Å². The van der Waals surface area contributed by atoms with Gasteiger partial charge in [0.25, 0.3) is 0 Å². The van der Waals surface area contributed by atoms with Crippen LogP contribution >= 0.6 is 0 Å². The molecular formula is C25H25N3O3. The van der Waals surface area contributed by atoms with Gasteiger partial charge >= 0.3 is 5.97 Å². The van der Waals surface area contributed by atoms with Crippen molar-refractivity contribution < 1.29 is 14.3 Å². The highest BCUT2D eigenvalue weighted by molar-refractivity contribution is 5.92. The quantitative estimate of drug-likeness (QED) is 0.453. The van der Waals surface area contributed by atoms with E-state index in [1.807, 2.05) is 79.0 Å². The first-order valence-electron chi connectivity index (χ1n) is 10.5. The molecule has 1 fully saturated rings. The van der Waals surface area contributed by atoms with Crippen molar-refractivity contribution in [2.75, 3.05) is 13.1 Å². The van der Waals surface area contributed by atoms with Crippen LogP contribution in [0.5, 0.6) is 0 Å². The third-order valence-corrected chi connectivity index (χ3v) is 5.39. The maximum Gasteiger partial charge on any atom is 0.309 e. The number of hydrogen-bond acceptors (Lipinski definition) is 4. The van der Waals surface area contributed by atoms with Gasteiger partial charge in [-0.25, -0.2) is 4.68 Å². The maximum atomic E-state index is 12.5. The van der Waals surface area contributed by atoms with Crippen LogP contribution in [0, 0.1) is 5.92 Å². The minimum atomic E-state index is -0.221. The number of esters is 1. The first kappa shape index (κ1) is 20.6. The molecule has 158 valence electrons. The molecule has 6 heteroatoms. The van der Waals surface area contributed by atoms with Gasteiger partial charge in [-0.05, 0) is 42.7 Å². The van der Waals surface area contributed by atoms with E-state index in [0.29, 0.717) is 31.6 Å². The molecule has 4 rings (SSSR count). The average molecular weight is 415 g/mol. The van der Waals surface area contributed by atoms with Gasteiger partial charge in [0.05, 0.1) is 11.6 Å². The van der Waals surface area contributed by atoms with Crippen molar-refractivity contribution in [3.63, 3.8) is 0 Å². The second-order valence-electron chi connectivity index (χ2n) is 7.54. The van der Waals surface area contributed by atoms with E-state index in [-0.39, 0.29) is 24.4 Å². The molecule has 2 aromatic carbocycles. The normalized spacial score (nSPS) is 14.6. The largest absolute Gasteiger partial charge is 0.459 e. The van der Waals surface area contributed by atoms with E-state index in [2.05, 4.69) is 5.10 Å². The number of benzene rings is 2. The lowest BCUT2D eigenvalue weighted by Gasteiger charge is -2.30. The number of carbonyl (C=O) groups is 2. The van der Waals surface area contributed by atoms with Gasteiger partial charge in [0.2, 0.25) is 5.91 Å². The van der Waals surface area contributed by atoms with Crippen LogP contribution in [0.2, 0.25) is 0 Å². The van der Waals surface area contributed by atoms with Crippen LogP contribution < -0.4 is 0 Å². The lowest BCUT2D eigenvalue weighted by atomic mass is 9.97. The number of likely N-dealkylation sites (tertiary alicyclic amines) is 1. The Balaban J connectivity index is 1.23. The first-order valence-corrected chi connectivity index (χ1v) is 10.5. The summed E-state index contributed by atoms with van der Waals surface area (Å²) in [5.41, 5.74) is 2.65. The number of amides is 1.